The van der Waals surface area contributed by atoms with Gasteiger partial charge in [-0.05, 0) is 93.4 Å². The molecule has 0 aromatic heterocycles. The van der Waals surface area contributed by atoms with Crippen LogP contribution in [0.2, 0.25) is 0 Å². The summed E-state index contributed by atoms with van der Waals surface area (Å²) in [7, 11) is 1.56. The highest BCUT2D eigenvalue weighted by Gasteiger charge is 2.27. The SMILES string of the molecule is COc1cc(F)cc([C@@H](C)NC2CC[C@@H](c3ccc(C(=O)NC4CCNCC4)cc3)C2)c1. The van der Waals surface area contributed by atoms with Gasteiger partial charge in [-0.2, -0.15) is 0 Å². The molecule has 0 bridgehead atoms. The zero-order chi connectivity index (χ0) is 22.5. The van der Waals surface area contributed by atoms with Crippen LogP contribution in [0.15, 0.2) is 42.5 Å². The minimum atomic E-state index is -0.276. The van der Waals surface area contributed by atoms with Gasteiger partial charge in [0.05, 0.1) is 7.11 Å². The lowest BCUT2D eigenvalue weighted by Crippen LogP contribution is -2.42. The van der Waals surface area contributed by atoms with Crippen molar-refractivity contribution in [3.63, 3.8) is 0 Å². The van der Waals surface area contributed by atoms with Gasteiger partial charge in [0.1, 0.15) is 11.6 Å². The molecule has 172 valence electrons. The number of piperidine rings is 1. The van der Waals surface area contributed by atoms with Gasteiger partial charge in [0.15, 0.2) is 0 Å². The van der Waals surface area contributed by atoms with Crippen LogP contribution in [0.3, 0.4) is 0 Å². The molecule has 0 radical (unpaired) electrons. The van der Waals surface area contributed by atoms with Crippen LogP contribution in [0.25, 0.3) is 0 Å². The average molecular weight is 440 g/mol. The number of hydrogen-bond acceptors (Lipinski definition) is 4. The third kappa shape index (κ3) is 5.67. The number of rotatable bonds is 7. The lowest BCUT2D eigenvalue weighted by molar-refractivity contribution is 0.0929. The van der Waals surface area contributed by atoms with Crippen LogP contribution in [-0.2, 0) is 0 Å². The van der Waals surface area contributed by atoms with Crippen LogP contribution in [0.1, 0.15) is 72.5 Å². The van der Waals surface area contributed by atoms with E-state index in [0.29, 0.717) is 17.7 Å². The van der Waals surface area contributed by atoms with Gasteiger partial charge in [-0.25, -0.2) is 4.39 Å². The Balaban J connectivity index is 1.31. The van der Waals surface area contributed by atoms with E-state index in [1.54, 1.807) is 13.2 Å². The van der Waals surface area contributed by atoms with E-state index in [9.17, 15) is 9.18 Å². The van der Waals surface area contributed by atoms with Crippen molar-refractivity contribution in [2.24, 2.45) is 0 Å². The normalized spacial score (nSPS) is 22.5. The molecular weight excluding hydrogens is 405 g/mol. The molecule has 2 fully saturated rings. The summed E-state index contributed by atoms with van der Waals surface area (Å²) in [5, 5.41) is 10.1. The summed E-state index contributed by atoms with van der Waals surface area (Å²) in [6.45, 7) is 4.00. The molecule has 3 N–H and O–H groups in total. The Morgan fingerprint density at radius 3 is 2.53 bits per heavy atom. The van der Waals surface area contributed by atoms with Gasteiger partial charge >= 0.3 is 0 Å². The number of ether oxygens (including phenoxy) is 1. The summed E-state index contributed by atoms with van der Waals surface area (Å²) < 4.78 is 19.1. The number of carbonyl (C=O) groups is 1. The second kappa shape index (κ2) is 10.5. The van der Waals surface area contributed by atoms with E-state index in [0.717, 1.165) is 56.3 Å². The molecule has 1 saturated carbocycles. The predicted molar refractivity (Wildman–Crippen MR) is 125 cm³/mol. The highest BCUT2D eigenvalue weighted by molar-refractivity contribution is 5.94. The van der Waals surface area contributed by atoms with Crippen molar-refractivity contribution in [2.45, 2.75) is 63.1 Å². The average Bonchev–Trinajstić information content (AvgIpc) is 3.27. The highest BCUT2D eigenvalue weighted by atomic mass is 19.1. The molecule has 1 aliphatic carbocycles. The van der Waals surface area contributed by atoms with Crippen LogP contribution in [0.5, 0.6) is 5.75 Å². The predicted octanol–water partition coefficient (Wildman–Crippen LogP) is 4.30. The third-order valence-corrected chi connectivity index (χ3v) is 6.87. The Kier molecular flexibility index (Phi) is 7.43. The van der Waals surface area contributed by atoms with Gasteiger partial charge in [0.2, 0.25) is 0 Å². The van der Waals surface area contributed by atoms with Crippen molar-refractivity contribution in [3.8, 4) is 5.75 Å². The number of carbonyl (C=O) groups excluding carboxylic acids is 1. The molecule has 0 spiro atoms. The minimum Gasteiger partial charge on any atom is -0.497 e. The summed E-state index contributed by atoms with van der Waals surface area (Å²) in [4.78, 5) is 12.5. The topological polar surface area (TPSA) is 62.4 Å². The van der Waals surface area contributed by atoms with Crippen LogP contribution < -0.4 is 20.7 Å². The molecule has 2 aromatic rings. The van der Waals surface area contributed by atoms with Gasteiger partial charge in [-0.3, -0.25) is 4.79 Å². The fourth-order valence-electron chi connectivity index (χ4n) is 4.98. The summed E-state index contributed by atoms with van der Waals surface area (Å²) in [5.74, 6) is 0.765. The van der Waals surface area contributed by atoms with Crippen LogP contribution in [-0.4, -0.2) is 38.2 Å². The van der Waals surface area contributed by atoms with E-state index in [1.165, 1.54) is 11.6 Å². The Morgan fingerprint density at radius 2 is 1.81 bits per heavy atom. The van der Waals surface area contributed by atoms with E-state index in [2.05, 4.69) is 35.0 Å². The van der Waals surface area contributed by atoms with Gasteiger partial charge in [0, 0.05) is 29.8 Å². The summed E-state index contributed by atoms with van der Waals surface area (Å²) in [6, 6.07) is 13.7. The Morgan fingerprint density at radius 1 is 1.06 bits per heavy atom. The molecule has 1 heterocycles. The molecule has 5 nitrogen and oxygen atoms in total. The fourth-order valence-corrected chi connectivity index (χ4v) is 4.98. The zero-order valence-corrected chi connectivity index (χ0v) is 19.0. The van der Waals surface area contributed by atoms with Crippen LogP contribution >= 0.6 is 0 Å². The maximum Gasteiger partial charge on any atom is 0.251 e. The molecule has 1 unspecified atom stereocenters. The van der Waals surface area contributed by atoms with Crippen molar-refractivity contribution in [1.29, 1.82) is 0 Å². The molecule has 2 aliphatic rings. The third-order valence-electron chi connectivity index (χ3n) is 6.87. The van der Waals surface area contributed by atoms with Crippen LogP contribution in [0.4, 0.5) is 4.39 Å². The first-order chi connectivity index (χ1) is 15.5. The van der Waals surface area contributed by atoms with E-state index in [-0.39, 0.29) is 23.8 Å². The van der Waals surface area contributed by atoms with E-state index in [1.807, 2.05) is 18.2 Å². The smallest absolute Gasteiger partial charge is 0.251 e. The first kappa shape index (κ1) is 22.7. The van der Waals surface area contributed by atoms with Gasteiger partial charge < -0.3 is 20.7 Å². The molecule has 32 heavy (non-hydrogen) atoms. The number of nitrogens with one attached hydrogen (secondary N) is 3. The molecule has 4 rings (SSSR count). The van der Waals surface area contributed by atoms with Crippen LogP contribution in [0, 0.1) is 5.82 Å². The molecule has 1 saturated heterocycles. The lowest BCUT2D eigenvalue weighted by atomic mass is 9.96. The number of halogens is 1. The Bertz CT molecular complexity index is 912. The Labute approximate surface area is 190 Å². The van der Waals surface area contributed by atoms with Gasteiger partial charge in [-0.15, -0.1) is 0 Å². The zero-order valence-electron chi connectivity index (χ0n) is 19.0. The fraction of sp³-hybridized carbons (Fsp3) is 0.500. The maximum absolute atomic E-state index is 13.9. The van der Waals surface area contributed by atoms with Crippen molar-refractivity contribution >= 4 is 5.91 Å². The largest absolute Gasteiger partial charge is 0.497 e. The molecule has 6 heteroatoms. The monoisotopic (exact) mass is 439 g/mol. The lowest BCUT2D eigenvalue weighted by Gasteiger charge is -2.23. The number of hydrogen-bond donors (Lipinski definition) is 3. The highest BCUT2D eigenvalue weighted by Crippen LogP contribution is 2.36. The van der Waals surface area contributed by atoms with Crippen molar-refractivity contribution in [3.05, 3.63) is 65.0 Å². The maximum atomic E-state index is 13.9. The summed E-state index contributed by atoms with van der Waals surface area (Å²) in [5.41, 5.74) is 2.91. The van der Waals surface area contributed by atoms with E-state index >= 15 is 0 Å². The summed E-state index contributed by atoms with van der Waals surface area (Å²) >= 11 is 0. The van der Waals surface area contributed by atoms with Crippen molar-refractivity contribution in [2.75, 3.05) is 20.2 Å². The quantitative estimate of drug-likeness (QED) is 0.602. The first-order valence-corrected chi connectivity index (χ1v) is 11.7. The first-order valence-electron chi connectivity index (χ1n) is 11.7. The number of methoxy groups -OCH3 is 1. The van der Waals surface area contributed by atoms with Crippen molar-refractivity contribution in [1.82, 2.24) is 16.0 Å². The Hall–Kier alpha value is -2.44. The van der Waals surface area contributed by atoms with Crippen molar-refractivity contribution < 1.29 is 13.9 Å². The van der Waals surface area contributed by atoms with E-state index < -0.39 is 0 Å². The molecular formula is C26H34FN3O2. The van der Waals surface area contributed by atoms with E-state index in [4.69, 9.17) is 4.74 Å². The second-order valence-corrected chi connectivity index (χ2v) is 9.14. The molecule has 1 amide bonds. The molecule has 3 atom stereocenters. The number of benzene rings is 2. The standard InChI is InChI=1S/C26H34FN3O2/c1-17(21-13-22(27)16-25(15-21)32-2)29-24-8-7-20(14-24)18-3-5-19(6-4-18)26(31)30-23-9-11-28-12-10-23/h3-6,13,15-17,20,23-24,28-29H,7-12,14H2,1-2H3,(H,30,31)/t17-,20-,24?/m1/s1. The second-order valence-electron chi connectivity index (χ2n) is 9.14. The minimum absolute atomic E-state index is 0.0220. The summed E-state index contributed by atoms with van der Waals surface area (Å²) in [6.07, 6.45) is 5.20. The number of amides is 1. The van der Waals surface area contributed by atoms with Gasteiger partial charge in [0.25, 0.3) is 5.91 Å². The molecule has 2 aromatic carbocycles. The molecule has 1 aliphatic heterocycles. The van der Waals surface area contributed by atoms with Gasteiger partial charge in [-0.1, -0.05) is 12.1 Å².